The van der Waals surface area contributed by atoms with Crippen LogP contribution in [0.25, 0.3) is 0 Å². The van der Waals surface area contributed by atoms with Gasteiger partial charge in [0.1, 0.15) is 0 Å². The van der Waals surface area contributed by atoms with Crippen molar-refractivity contribution >= 4 is 15.9 Å². The van der Waals surface area contributed by atoms with E-state index in [1.54, 1.807) is 0 Å². The Morgan fingerprint density at radius 2 is 1.88 bits per heavy atom. The van der Waals surface area contributed by atoms with Crippen LogP contribution in [-0.4, -0.2) is 25.2 Å². The van der Waals surface area contributed by atoms with E-state index in [4.69, 9.17) is 9.47 Å². The zero-order valence-corrected chi connectivity index (χ0v) is 11.6. The summed E-state index contributed by atoms with van der Waals surface area (Å²) in [6.45, 7) is 3.24. The molecule has 0 unspecified atom stereocenters. The zero-order chi connectivity index (χ0) is 12.0. The second-order valence-corrected chi connectivity index (χ2v) is 5.29. The van der Waals surface area contributed by atoms with Gasteiger partial charge in [-0.15, -0.1) is 0 Å². The lowest BCUT2D eigenvalue weighted by molar-refractivity contribution is -0.0311. The Kier molecular flexibility index (Phi) is 5.01. The second kappa shape index (κ2) is 6.53. The Bertz CT molecular complexity index is 320. The summed E-state index contributed by atoms with van der Waals surface area (Å²) in [7, 11) is 0. The van der Waals surface area contributed by atoms with Crippen molar-refractivity contribution < 1.29 is 9.47 Å². The van der Waals surface area contributed by atoms with Gasteiger partial charge in [-0.2, -0.15) is 0 Å². The third-order valence-corrected chi connectivity index (χ3v) is 4.55. The van der Waals surface area contributed by atoms with E-state index in [9.17, 15) is 0 Å². The van der Waals surface area contributed by atoms with Crippen LogP contribution >= 0.6 is 15.9 Å². The van der Waals surface area contributed by atoms with Gasteiger partial charge in [-0.1, -0.05) is 46.3 Å². The van der Waals surface area contributed by atoms with Gasteiger partial charge in [-0.25, -0.2) is 0 Å². The molecule has 0 radical (unpaired) electrons. The maximum absolute atomic E-state index is 5.87. The average Bonchev–Trinajstić information content (AvgIpc) is 2.41. The van der Waals surface area contributed by atoms with Crippen molar-refractivity contribution in [1.29, 1.82) is 0 Å². The minimum atomic E-state index is 0.271. The van der Waals surface area contributed by atoms with Crippen LogP contribution < -0.4 is 0 Å². The molecule has 1 aromatic carbocycles. The summed E-state index contributed by atoms with van der Waals surface area (Å²) >= 11 is 3.62. The van der Waals surface area contributed by atoms with Gasteiger partial charge in [-0.3, -0.25) is 0 Å². The first-order valence-electron chi connectivity index (χ1n) is 6.10. The molecular weight excluding hydrogens is 280 g/mol. The van der Waals surface area contributed by atoms with E-state index >= 15 is 0 Å². The van der Waals surface area contributed by atoms with Gasteiger partial charge >= 0.3 is 0 Å². The molecule has 2 nitrogen and oxygen atoms in total. The van der Waals surface area contributed by atoms with Crippen LogP contribution in [0.4, 0.5) is 0 Å². The first kappa shape index (κ1) is 13.1. The van der Waals surface area contributed by atoms with Crippen molar-refractivity contribution in [3.05, 3.63) is 35.9 Å². The van der Waals surface area contributed by atoms with Gasteiger partial charge < -0.3 is 9.47 Å². The van der Waals surface area contributed by atoms with E-state index in [0.29, 0.717) is 6.61 Å². The molecular formula is C14H19BrO2. The lowest BCUT2D eigenvalue weighted by atomic mass is 9.83. The Morgan fingerprint density at radius 3 is 2.53 bits per heavy atom. The molecule has 1 aliphatic heterocycles. The molecule has 0 atom stereocenters. The maximum atomic E-state index is 5.87. The molecule has 94 valence electrons. The fourth-order valence-electron chi connectivity index (χ4n) is 2.08. The Labute approximate surface area is 111 Å². The maximum Gasteiger partial charge on any atom is 0.0717 e. The molecule has 3 heteroatoms. The van der Waals surface area contributed by atoms with Gasteiger partial charge in [0, 0.05) is 24.0 Å². The molecule has 1 fully saturated rings. The minimum Gasteiger partial charge on any atom is -0.381 e. The van der Waals surface area contributed by atoms with Gasteiger partial charge in [0.15, 0.2) is 0 Å². The molecule has 1 saturated heterocycles. The highest BCUT2D eigenvalue weighted by atomic mass is 79.9. The van der Waals surface area contributed by atoms with Gasteiger partial charge in [0.25, 0.3) is 0 Å². The number of alkyl halides is 1. The summed E-state index contributed by atoms with van der Waals surface area (Å²) in [6.07, 6.45) is 2.18. The molecule has 0 aliphatic carbocycles. The summed E-state index contributed by atoms with van der Waals surface area (Å²) in [6, 6.07) is 10.3. The summed E-state index contributed by atoms with van der Waals surface area (Å²) in [5.41, 5.74) is 1.51. The SMILES string of the molecule is BrCC1(COCc2ccccc2)CCOCC1. The Morgan fingerprint density at radius 1 is 1.18 bits per heavy atom. The fraction of sp³-hybridized carbons (Fsp3) is 0.571. The molecule has 1 heterocycles. The van der Waals surface area contributed by atoms with Crippen molar-refractivity contribution in [1.82, 2.24) is 0 Å². The molecule has 17 heavy (non-hydrogen) atoms. The highest BCUT2D eigenvalue weighted by molar-refractivity contribution is 9.09. The molecule has 0 N–H and O–H groups in total. The lowest BCUT2D eigenvalue weighted by Gasteiger charge is -2.35. The van der Waals surface area contributed by atoms with Crippen LogP contribution in [0, 0.1) is 5.41 Å². The highest BCUT2D eigenvalue weighted by Crippen LogP contribution is 2.33. The largest absolute Gasteiger partial charge is 0.381 e. The van der Waals surface area contributed by atoms with E-state index < -0.39 is 0 Å². The van der Waals surface area contributed by atoms with Crippen LogP contribution in [0.15, 0.2) is 30.3 Å². The zero-order valence-electron chi connectivity index (χ0n) is 10.0. The molecule has 2 rings (SSSR count). The third kappa shape index (κ3) is 3.80. The quantitative estimate of drug-likeness (QED) is 0.776. The predicted molar refractivity (Wildman–Crippen MR) is 72.4 cm³/mol. The number of halogens is 1. The Balaban J connectivity index is 1.80. The monoisotopic (exact) mass is 298 g/mol. The first-order chi connectivity index (χ1) is 8.35. The smallest absolute Gasteiger partial charge is 0.0717 e. The highest BCUT2D eigenvalue weighted by Gasteiger charge is 2.31. The number of hydrogen-bond donors (Lipinski definition) is 0. The van der Waals surface area contributed by atoms with Crippen molar-refractivity contribution in [3.63, 3.8) is 0 Å². The summed E-state index contributed by atoms with van der Waals surface area (Å²) < 4.78 is 11.3. The van der Waals surface area contributed by atoms with Crippen LogP contribution in [0.3, 0.4) is 0 Å². The normalized spacial score (nSPS) is 19.1. The van der Waals surface area contributed by atoms with Crippen molar-refractivity contribution in [3.8, 4) is 0 Å². The minimum absolute atomic E-state index is 0.271. The van der Waals surface area contributed by atoms with E-state index in [1.807, 2.05) is 18.2 Å². The summed E-state index contributed by atoms with van der Waals surface area (Å²) in [5.74, 6) is 0. The fourth-order valence-corrected chi connectivity index (χ4v) is 2.80. The first-order valence-corrected chi connectivity index (χ1v) is 7.22. The van der Waals surface area contributed by atoms with E-state index in [-0.39, 0.29) is 5.41 Å². The van der Waals surface area contributed by atoms with E-state index in [0.717, 1.165) is 38.0 Å². The number of hydrogen-bond acceptors (Lipinski definition) is 2. The van der Waals surface area contributed by atoms with Crippen LogP contribution in [0.1, 0.15) is 18.4 Å². The molecule has 1 aromatic rings. The number of benzene rings is 1. The summed E-state index contributed by atoms with van der Waals surface area (Å²) in [4.78, 5) is 0. The third-order valence-electron chi connectivity index (χ3n) is 3.36. The molecule has 0 spiro atoms. The Hall–Kier alpha value is -0.380. The molecule has 0 saturated carbocycles. The van der Waals surface area contributed by atoms with Crippen molar-refractivity contribution in [2.24, 2.45) is 5.41 Å². The standard InChI is InChI=1S/C14H19BrO2/c15-11-14(6-8-16-9-7-14)12-17-10-13-4-2-1-3-5-13/h1-5H,6-12H2. The number of ether oxygens (including phenoxy) is 2. The average molecular weight is 299 g/mol. The molecule has 0 aromatic heterocycles. The van der Waals surface area contributed by atoms with Crippen LogP contribution in [-0.2, 0) is 16.1 Å². The van der Waals surface area contributed by atoms with E-state index in [2.05, 4.69) is 28.1 Å². The van der Waals surface area contributed by atoms with E-state index in [1.165, 1.54) is 5.56 Å². The molecule has 1 aliphatic rings. The summed E-state index contributed by atoms with van der Waals surface area (Å²) in [5, 5.41) is 0.998. The van der Waals surface area contributed by atoms with Crippen molar-refractivity contribution in [2.45, 2.75) is 19.4 Å². The van der Waals surface area contributed by atoms with Gasteiger partial charge in [0.2, 0.25) is 0 Å². The predicted octanol–water partition coefficient (Wildman–Crippen LogP) is 3.39. The van der Waals surface area contributed by atoms with Crippen LogP contribution in [0.5, 0.6) is 0 Å². The second-order valence-electron chi connectivity index (χ2n) is 4.72. The van der Waals surface area contributed by atoms with Crippen molar-refractivity contribution in [2.75, 3.05) is 25.2 Å². The lowest BCUT2D eigenvalue weighted by Crippen LogP contribution is -2.35. The molecule has 0 bridgehead atoms. The van der Waals surface area contributed by atoms with Gasteiger partial charge in [-0.05, 0) is 18.4 Å². The van der Waals surface area contributed by atoms with Gasteiger partial charge in [0.05, 0.1) is 13.2 Å². The molecule has 0 amide bonds. The topological polar surface area (TPSA) is 18.5 Å². The van der Waals surface area contributed by atoms with Crippen LogP contribution in [0.2, 0.25) is 0 Å². The number of rotatable bonds is 5.